The summed E-state index contributed by atoms with van der Waals surface area (Å²) >= 11 is 0. The zero-order valence-corrected chi connectivity index (χ0v) is 16.2. The van der Waals surface area contributed by atoms with E-state index in [-0.39, 0.29) is 33.9 Å². The molecule has 0 spiro atoms. The van der Waals surface area contributed by atoms with Gasteiger partial charge in [-0.25, -0.2) is 4.98 Å². The van der Waals surface area contributed by atoms with Crippen molar-refractivity contribution in [2.24, 2.45) is 0 Å². The molecule has 0 saturated carbocycles. The zero-order chi connectivity index (χ0) is 22.8. The number of aryl methyl sites for hydroxylation is 1. The number of hydrogen-bond acceptors (Lipinski definition) is 5. The van der Waals surface area contributed by atoms with Crippen LogP contribution in [0.1, 0.15) is 38.3 Å². The molecule has 1 heterocycles. The molecule has 0 unspecified atom stereocenters. The number of benzene rings is 2. The summed E-state index contributed by atoms with van der Waals surface area (Å²) in [6.45, 7) is 1.64. The minimum Gasteiger partial charge on any atom is -0.398 e. The van der Waals surface area contributed by atoms with Crippen LogP contribution >= 0.6 is 0 Å². The van der Waals surface area contributed by atoms with Gasteiger partial charge in [-0.3, -0.25) is 10.2 Å². The van der Waals surface area contributed by atoms with Crippen molar-refractivity contribution in [3.05, 3.63) is 88.2 Å². The number of nitrogens with one attached hydrogen (secondary N) is 2. The number of rotatable bonds is 4. The summed E-state index contributed by atoms with van der Waals surface area (Å²) in [5, 5.41) is 19.9. The maximum atomic E-state index is 13.0. The molecular formula is C22H16F3N5O. The number of aromatic nitrogens is 1. The number of halogens is 3. The zero-order valence-electron chi connectivity index (χ0n) is 16.2. The van der Waals surface area contributed by atoms with E-state index in [4.69, 9.17) is 16.4 Å². The molecule has 0 aliphatic carbocycles. The lowest BCUT2D eigenvalue weighted by atomic mass is 9.98. The second-order valence-corrected chi connectivity index (χ2v) is 6.71. The number of nitrogen functional groups attached to an aromatic ring is 1. The SMILES string of the molecule is Cc1cc(C#N)cnc1C(=O)Nc1ccc(N)c(C(=N)c2cccc(C(F)(F)F)c2)c1. The van der Waals surface area contributed by atoms with Gasteiger partial charge in [-0.15, -0.1) is 0 Å². The molecule has 3 aromatic rings. The van der Waals surface area contributed by atoms with Gasteiger partial charge in [0.2, 0.25) is 0 Å². The summed E-state index contributed by atoms with van der Waals surface area (Å²) < 4.78 is 39.0. The van der Waals surface area contributed by atoms with Gasteiger partial charge in [0.15, 0.2) is 0 Å². The Morgan fingerprint density at radius 1 is 1.19 bits per heavy atom. The van der Waals surface area contributed by atoms with Crippen LogP contribution < -0.4 is 11.1 Å². The third-order valence-corrected chi connectivity index (χ3v) is 4.48. The van der Waals surface area contributed by atoms with Crippen LogP contribution in [0.15, 0.2) is 54.7 Å². The lowest BCUT2D eigenvalue weighted by Gasteiger charge is -2.13. The number of pyridine rings is 1. The van der Waals surface area contributed by atoms with E-state index in [1.54, 1.807) is 6.92 Å². The highest BCUT2D eigenvalue weighted by atomic mass is 19.4. The fourth-order valence-electron chi connectivity index (χ4n) is 2.92. The molecule has 0 atom stereocenters. The van der Waals surface area contributed by atoms with E-state index >= 15 is 0 Å². The Morgan fingerprint density at radius 2 is 1.94 bits per heavy atom. The summed E-state index contributed by atoms with van der Waals surface area (Å²) in [6.07, 6.45) is -3.26. The number of nitrogens with two attached hydrogens (primary N) is 1. The number of amides is 1. The minimum absolute atomic E-state index is 0.0367. The number of anilines is 2. The maximum absolute atomic E-state index is 13.0. The molecule has 1 amide bonds. The highest BCUT2D eigenvalue weighted by molar-refractivity contribution is 6.15. The van der Waals surface area contributed by atoms with Gasteiger partial charge in [0.25, 0.3) is 5.91 Å². The Balaban J connectivity index is 1.90. The second kappa shape index (κ2) is 8.28. The van der Waals surface area contributed by atoms with E-state index < -0.39 is 17.6 Å². The average molecular weight is 423 g/mol. The van der Waals surface area contributed by atoms with E-state index in [9.17, 15) is 18.0 Å². The highest BCUT2D eigenvalue weighted by Crippen LogP contribution is 2.30. The fourth-order valence-corrected chi connectivity index (χ4v) is 2.92. The molecule has 0 aliphatic heterocycles. The van der Waals surface area contributed by atoms with Crippen LogP contribution in [0.5, 0.6) is 0 Å². The summed E-state index contributed by atoms with van der Waals surface area (Å²) in [6, 6.07) is 12.2. The normalized spacial score (nSPS) is 10.9. The number of hydrogen-bond donors (Lipinski definition) is 3. The van der Waals surface area contributed by atoms with Crippen molar-refractivity contribution in [3.8, 4) is 6.07 Å². The Kier molecular flexibility index (Phi) is 5.75. The topological polar surface area (TPSA) is 116 Å². The summed E-state index contributed by atoms with van der Waals surface area (Å²) in [7, 11) is 0. The molecule has 3 rings (SSSR count). The first-order valence-corrected chi connectivity index (χ1v) is 8.94. The first kappa shape index (κ1) is 21.5. The van der Waals surface area contributed by atoms with E-state index in [2.05, 4.69) is 10.3 Å². The van der Waals surface area contributed by atoms with Gasteiger partial charge in [0.05, 0.1) is 16.8 Å². The van der Waals surface area contributed by atoms with Crippen molar-refractivity contribution in [2.75, 3.05) is 11.1 Å². The van der Waals surface area contributed by atoms with Crippen molar-refractivity contribution in [2.45, 2.75) is 13.1 Å². The molecule has 0 saturated heterocycles. The lowest BCUT2D eigenvalue weighted by Crippen LogP contribution is -2.16. The quantitative estimate of drug-likeness (QED) is 0.422. The molecule has 2 aromatic carbocycles. The van der Waals surface area contributed by atoms with Crippen molar-refractivity contribution in [1.29, 1.82) is 10.7 Å². The van der Waals surface area contributed by atoms with Crippen LogP contribution in [0.25, 0.3) is 0 Å². The smallest absolute Gasteiger partial charge is 0.398 e. The van der Waals surface area contributed by atoms with Crippen LogP contribution in [0, 0.1) is 23.7 Å². The van der Waals surface area contributed by atoms with E-state index in [1.165, 1.54) is 42.6 Å². The van der Waals surface area contributed by atoms with Crippen molar-refractivity contribution < 1.29 is 18.0 Å². The third-order valence-electron chi connectivity index (χ3n) is 4.48. The lowest BCUT2D eigenvalue weighted by molar-refractivity contribution is -0.137. The van der Waals surface area contributed by atoms with Gasteiger partial charge >= 0.3 is 6.18 Å². The number of nitrogens with zero attached hydrogens (tertiary/aromatic N) is 2. The van der Waals surface area contributed by atoms with Gasteiger partial charge in [-0.1, -0.05) is 12.1 Å². The standard InChI is InChI=1S/C22H16F3N5O/c1-12-7-13(10-26)11-29-20(12)21(31)30-16-5-6-18(27)17(9-16)19(28)14-3-2-4-15(8-14)22(23,24)25/h2-9,11,28H,27H2,1H3,(H,30,31). The number of carbonyl (C=O) groups is 1. The minimum atomic E-state index is -4.54. The molecule has 31 heavy (non-hydrogen) atoms. The molecular weight excluding hydrogens is 407 g/mol. The predicted molar refractivity (Wildman–Crippen MR) is 110 cm³/mol. The molecule has 4 N–H and O–H groups in total. The first-order chi connectivity index (χ1) is 14.6. The molecule has 0 fully saturated rings. The molecule has 156 valence electrons. The number of alkyl halides is 3. The van der Waals surface area contributed by atoms with Crippen molar-refractivity contribution >= 4 is 23.0 Å². The fraction of sp³-hybridized carbons (Fsp3) is 0.0909. The predicted octanol–water partition coefficient (Wildman–Crippen LogP) is 4.53. The van der Waals surface area contributed by atoms with Crippen LogP contribution in [-0.4, -0.2) is 16.6 Å². The van der Waals surface area contributed by atoms with Gasteiger partial charge in [-0.2, -0.15) is 18.4 Å². The van der Waals surface area contributed by atoms with Gasteiger partial charge in [0.1, 0.15) is 11.8 Å². The molecule has 6 nitrogen and oxygen atoms in total. The molecule has 9 heteroatoms. The largest absolute Gasteiger partial charge is 0.416 e. The summed E-state index contributed by atoms with van der Waals surface area (Å²) in [5.74, 6) is -0.539. The first-order valence-electron chi connectivity index (χ1n) is 8.94. The monoisotopic (exact) mass is 423 g/mol. The Bertz CT molecular complexity index is 1230. The van der Waals surface area contributed by atoms with E-state index in [1.807, 2.05) is 6.07 Å². The number of carbonyl (C=O) groups excluding carboxylic acids is 1. The van der Waals surface area contributed by atoms with Crippen molar-refractivity contribution in [3.63, 3.8) is 0 Å². The summed E-state index contributed by atoms with van der Waals surface area (Å²) in [5.41, 5.74) is 6.45. The Morgan fingerprint density at radius 3 is 2.58 bits per heavy atom. The summed E-state index contributed by atoms with van der Waals surface area (Å²) in [4.78, 5) is 16.6. The maximum Gasteiger partial charge on any atom is 0.416 e. The van der Waals surface area contributed by atoms with Crippen LogP contribution in [-0.2, 0) is 6.18 Å². The van der Waals surface area contributed by atoms with E-state index in [0.717, 1.165) is 12.1 Å². The average Bonchev–Trinajstić information content (AvgIpc) is 2.73. The van der Waals surface area contributed by atoms with Gasteiger partial charge < -0.3 is 11.1 Å². The molecule has 0 bridgehead atoms. The van der Waals surface area contributed by atoms with Gasteiger partial charge in [-0.05, 0) is 48.9 Å². The van der Waals surface area contributed by atoms with Crippen LogP contribution in [0.3, 0.4) is 0 Å². The van der Waals surface area contributed by atoms with Crippen LogP contribution in [0.2, 0.25) is 0 Å². The highest BCUT2D eigenvalue weighted by Gasteiger charge is 2.30. The molecule has 1 aromatic heterocycles. The Labute approximate surface area is 175 Å². The molecule has 0 radical (unpaired) electrons. The third kappa shape index (κ3) is 4.70. The van der Waals surface area contributed by atoms with Crippen LogP contribution in [0.4, 0.5) is 24.5 Å². The second-order valence-electron chi connectivity index (χ2n) is 6.71. The molecule has 0 aliphatic rings. The van der Waals surface area contributed by atoms with Gasteiger partial charge in [0, 0.05) is 28.7 Å². The van der Waals surface area contributed by atoms with Crippen molar-refractivity contribution in [1.82, 2.24) is 4.98 Å². The van der Waals surface area contributed by atoms with E-state index in [0.29, 0.717) is 11.1 Å². The Hall–Kier alpha value is -4.19. The number of nitriles is 1.